The van der Waals surface area contributed by atoms with E-state index >= 15 is 0 Å². The van der Waals surface area contributed by atoms with Crippen molar-refractivity contribution in [3.05, 3.63) is 63.0 Å². The van der Waals surface area contributed by atoms with Crippen LogP contribution in [0.25, 0.3) is 0 Å². The monoisotopic (exact) mass is 621 g/mol. The van der Waals surface area contributed by atoms with E-state index in [0.29, 0.717) is 28.6 Å². The third-order valence-electron chi connectivity index (χ3n) is 5.53. The van der Waals surface area contributed by atoms with E-state index in [1.165, 1.54) is 17.3 Å². The van der Waals surface area contributed by atoms with Gasteiger partial charge in [-0.05, 0) is 75.9 Å². The highest BCUT2D eigenvalue weighted by Crippen LogP contribution is 2.27. The van der Waals surface area contributed by atoms with Crippen LogP contribution in [0.1, 0.15) is 56.5 Å². The number of hydrogen-bond donors (Lipinski definition) is 2. The van der Waals surface area contributed by atoms with Crippen LogP contribution in [0.5, 0.6) is 5.75 Å². The molecule has 2 aromatic carbocycles. The van der Waals surface area contributed by atoms with E-state index < -0.39 is 0 Å². The van der Waals surface area contributed by atoms with E-state index in [1.54, 1.807) is 4.57 Å². The molecule has 0 bridgehead atoms. The Bertz CT molecular complexity index is 1190. The van der Waals surface area contributed by atoms with Crippen LogP contribution in [0.4, 0.5) is 5.69 Å². The van der Waals surface area contributed by atoms with Crippen LogP contribution in [-0.2, 0) is 23.2 Å². The zero-order valence-corrected chi connectivity index (χ0v) is 24.1. The standard InChI is InChI=1S/C26H32IN5O3S/c1-16(2)18-6-9-20(10-7-18)35-14-24(33)28-13-23-30-31-26(32(23)5)36-15-25(34)29-22-11-8-19(27)12-21(22)17(3)4/h6-12,16-17H,13-15H2,1-5H3,(H,28,33)(H,29,34). The Morgan fingerprint density at radius 3 is 2.42 bits per heavy atom. The Kier molecular flexibility index (Phi) is 10.2. The summed E-state index contributed by atoms with van der Waals surface area (Å²) >= 11 is 3.57. The molecule has 0 unspecified atom stereocenters. The third kappa shape index (κ3) is 7.95. The summed E-state index contributed by atoms with van der Waals surface area (Å²) in [6.45, 7) is 8.59. The molecule has 192 valence electrons. The first-order valence-electron chi connectivity index (χ1n) is 11.7. The number of thioether (sulfide) groups is 1. The maximum atomic E-state index is 12.6. The van der Waals surface area contributed by atoms with Gasteiger partial charge >= 0.3 is 0 Å². The molecular formula is C26H32IN5O3S. The lowest BCUT2D eigenvalue weighted by Crippen LogP contribution is -2.29. The Morgan fingerprint density at radius 1 is 1.03 bits per heavy atom. The van der Waals surface area contributed by atoms with Crippen LogP contribution >= 0.6 is 34.4 Å². The zero-order chi connectivity index (χ0) is 26.2. The molecule has 0 atom stereocenters. The third-order valence-corrected chi connectivity index (χ3v) is 7.22. The molecule has 1 heterocycles. The van der Waals surface area contributed by atoms with Crippen molar-refractivity contribution in [1.82, 2.24) is 20.1 Å². The summed E-state index contributed by atoms with van der Waals surface area (Å²) in [4.78, 5) is 24.8. The second-order valence-electron chi connectivity index (χ2n) is 8.97. The number of halogens is 1. The molecule has 36 heavy (non-hydrogen) atoms. The highest BCUT2D eigenvalue weighted by Gasteiger charge is 2.15. The number of nitrogens with one attached hydrogen (secondary N) is 2. The molecule has 0 fully saturated rings. The molecule has 0 spiro atoms. The number of hydrogen-bond acceptors (Lipinski definition) is 6. The summed E-state index contributed by atoms with van der Waals surface area (Å²) in [6, 6.07) is 13.7. The minimum atomic E-state index is -0.252. The molecule has 3 aromatic rings. The van der Waals surface area contributed by atoms with E-state index in [9.17, 15) is 9.59 Å². The Balaban J connectivity index is 1.46. The highest BCUT2D eigenvalue weighted by atomic mass is 127. The van der Waals surface area contributed by atoms with Gasteiger partial charge in [-0.2, -0.15) is 0 Å². The molecule has 0 saturated heterocycles. The fourth-order valence-corrected chi connectivity index (χ4v) is 4.64. The van der Waals surface area contributed by atoms with Crippen LogP contribution in [0, 0.1) is 3.57 Å². The summed E-state index contributed by atoms with van der Waals surface area (Å²) in [6.07, 6.45) is 0. The number of carbonyl (C=O) groups is 2. The Hall–Kier alpha value is -2.60. The number of nitrogens with zero attached hydrogens (tertiary/aromatic N) is 3. The molecule has 0 aliphatic rings. The largest absolute Gasteiger partial charge is 0.484 e. The van der Waals surface area contributed by atoms with Crippen molar-refractivity contribution in [2.45, 2.75) is 51.2 Å². The van der Waals surface area contributed by atoms with E-state index in [0.717, 1.165) is 14.8 Å². The van der Waals surface area contributed by atoms with E-state index in [2.05, 4.69) is 77.2 Å². The average Bonchev–Trinajstić information content (AvgIpc) is 3.20. The predicted molar refractivity (Wildman–Crippen MR) is 151 cm³/mol. The maximum Gasteiger partial charge on any atom is 0.258 e. The van der Waals surface area contributed by atoms with Gasteiger partial charge in [-0.15, -0.1) is 10.2 Å². The first-order valence-corrected chi connectivity index (χ1v) is 13.8. The van der Waals surface area contributed by atoms with Crippen LogP contribution < -0.4 is 15.4 Å². The van der Waals surface area contributed by atoms with Gasteiger partial charge in [0, 0.05) is 16.3 Å². The fraction of sp³-hybridized carbons (Fsp3) is 0.385. The summed E-state index contributed by atoms with van der Waals surface area (Å²) in [5.74, 6) is 1.82. The van der Waals surface area contributed by atoms with Gasteiger partial charge in [-0.1, -0.05) is 51.6 Å². The molecule has 2 amide bonds. The first-order chi connectivity index (χ1) is 17.1. The van der Waals surface area contributed by atoms with E-state index in [4.69, 9.17) is 4.74 Å². The predicted octanol–water partition coefficient (Wildman–Crippen LogP) is 5.09. The second-order valence-corrected chi connectivity index (χ2v) is 11.2. The lowest BCUT2D eigenvalue weighted by atomic mass is 10.0. The molecule has 3 rings (SSSR count). The van der Waals surface area contributed by atoms with Crippen molar-refractivity contribution >= 4 is 51.9 Å². The van der Waals surface area contributed by atoms with E-state index in [1.807, 2.05) is 43.4 Å². The Labute approximate surface area is 230 Å². The molecule has 0 aliphatic carbocycles. The number of amides is 2. The van der Waals surface area contributed by atoms with Gasteiger partial charge < -0.3 is 19.9 Å². The van der Waals surface area contributed by atoms with Crippen molar-refractivity contribution in [3.8, 4) is 5.75 Å². The van der Waals surface area contributed by atoms with Gasteiger partial charge in [0.15, 0.2) is 17.6 Å². The van der Waals surface area contributed by atoms with Crippen molar-refractivity contribution in [1.29, 1.82) is 0 Å². The summed E-state index contributed by atoms with van der Waals surface area (Å²) < 4.78 is 8.47. The van der Waals surface area contributed by atoms with Gasteiger partial charge in [-0.25, -0.2) is 0 Å². The molecular weight excluding hydrogens is 589 g/mol. The highest BCUT2D eigenvalue weighted by molar-refractivity contribution is 14.1. The zero-order valence-electron chi connectivity index (χ0n) is 21.2. The second kappa shape index (κ2) is 13.1. The summed E-state index contributed by atoms with van der Waals surface area (Å²) in [5, 5.41) is 14.7. The molecule has 8 nitrogen and oxygen atoms in total. The lowest BCUT2D eigenvalue weighted by molar-refractivity contribution is -0.123. The normalized spacial score (nSPS) is 11.1. The van der Waals surface area contributed by atoms with Gasteiger partial charge in [0.1, 0.15) is 5.75 Å². The number of benzene rings is 2. The smallest absolute Gasteiger partial charge is 0.258 e. The lowest BCUT2D eigenvalue weighted by Gasteiger charge is -2.14. The quantitative estimate of drug-likeness (QED) is 0.229. The van der Waals surface area contributed by atoms with Crippen molar-refractivity contribution < 1.29 is 14.3 Å². The van der Waals surface area contributed by atoms with Crippen LogP contribution in [0.15, 0.2) is 47.6 Å². The molecule has 2 N–H and O–H groups in total. The van der Waals surface area contributed by atoms with Gasteiger partial charge in [-0.3, -0.25) is 9.59 Å². The van der Waals surface area contributed by atoms with Crippen molar-refractivity contribution in [2.75, 3.05) is 17.7 Å². The van der Waals surface area contributed by atoms with Gasteiger partial charge in [0.25, 0.3) is 5.91 Å². The van der Waals surface area contributed by atoms with Crippen molar-refractivity contribution in [2.24, 2.45) is 7.05 Å². The molecule has 0 aliphatic heterocycles. The first kappa shape index (κ1) is 28.0. The van der Waals surface area contributed by atoms with Crippen LogP contribution in [0.3, 0.4) is 0 Å². The number of ether oxygens (including phenoxy) is 1. The van der Waals surface area contributed by atoms with Gasteiger partial charge in [0.05, 0.1) is 12.3 Å². The molecule has 10 heteroatoms. The van der Waals surface area contributed by atoms with Gasteiger partial charge in [0.2, 0.25) is 5.91 Å². The number of rotatable bonds is 11. The minimum absolute atomic E-state index is 0.0858. The SMILES string of the molecule is CC(C)c1ccc(OCC(=O)NCc2nnc(SCC(=O)Nc3ccc(I)cc3C(C)C)n2C)cc1. The number of anilines is 1. The maximum absolute atomic E-state index is 12.6. The minimum Gasteiger partial charge on any atom is -0.484 e. The fourth-order valence-electron chi connectivity index (χ4n) is 3.39. The van der Waals surface area contributed by atoms with Crippen molar-refractivity contribution in [3.63, 3.8) is 0 Å². The topological polar surface area (TPSA) is 98.1 Å². The molecule has 0 radical (unpaired) electrons. The molecule has 1 aromatic heterocycles. The summed E-state index contributed by atoms with van der Waals surface area (Å²) in [5.41, 5.74) is 3.15. The average molecular weight is 622 g/mol. The summed E-state index contributed by atoms with van der Waals surface area (Å²) in [7, 11) is 1.81. The Morgan fingerprint density at radius 2 is 1.75 bits per heavy atom. The number of aromatic nitrogens is 3. The van der Waals surface area contributed by atoms with E-state index in [-0.39, 0.29) is 30.7 Å². The van der Waals surface area contributed by atoms with Crippen LogP contribution in [0.2, 0.25) is 0 Å². The van der Waals surface area contributed by atoms with Crippen LogP contribution in [-0.4, -0.2) is 38.9 Å². The molecule has 0 saturated carbocycles. The number of carbonyl (C=O) groups excluding carboxylic acids is 2.